The zero-order chi connectivity index (χ0) is 13.7. The molecule has 4 atom stereocenters. The summed E-state index contributed by atoms with van der Waals surface area (Å²) in [5.41, 5.74) is 0. The van der Waals surface area contributed by atoms with Crippen molar-refractivity contribution in [3.8, 4) is 0 Å². The van der Waals surface area contributed by atoms with Gasteiger partial charge in [0.2, 0.25) is 0 Å². The molecule has 4 unspecified atom stereocenters. The van der Waals surface area contributed by atoms with Crippen molar-refractivity contribution in [3.63, 3.8) is 0 Å². The molecular weight excluding hydrogens is 224 g/mol. The maximum Gasteiger partial charge on any atom is 0.0700 e. The van der Waals surface area contributed by atoms with Gasteiger partial charge in [0.25, 0.3) is 0 Å². The third-order valence-electron chi connectivity index (χ3n) is 4.27. The fourth-order valence-electron chi connectivity index (χ4n) is 3.51. The summed E-state index contributed by atoms with van der Waals surface area (Å²) in [6.45, 7) is 10.1. The van der Waals surface area contributed by atoms with Crippen molar-refractivity contribution in [3.05, 3.63) is 0 Å². The van der Waals surface area contributed by atoms with Crippen LogP contribution in [0, 0.1) is 11.8 Å². The first-order valence-electron chi connectivity index (χ1n) is 7.52. The number of rotatable bonds is 6. The molecule has 0 aromatic heterocycles. The average molecular weight is 256 g/mol. The molecule has 0 aliphatic heterocycles. The second-order valence-corrected chi connectivity index (χ2v) is 6.40. The van der Waals surface area contributed by atoms with E-state index in [-0.39, 0.29) is 6.10 Å². The average Bonchev–Trinajstić information content (AvgIpc) is 2.25. The summed E-state index contributed by atoms with van der Waals surface area (Å²) >= 11 is 0. The highest BCUT2D eigenvalue weighted by atomic mass is 16.3. The zero-order valence-electron chi connectivity index (χ0n) is 12.9. The first-order chi connectivity index (χ1) is 8.45. The summed E-state index contributed by atoms with van der Waals surface area (Å²) < 4.78 is 0. The highest BCUT2D eigenvalue weighted by molar-refractivity contribution is 4.89. The van der Waals surface area contributed by atoms with Crippen LogP contribution in [0.2, 0.25) is 0 Å². The maximum atomic E-state index is 10.4. The molecule has 1 fully saturated rings. The van der Waals surface area contributed by atoms with Gasteiger partial charge in [-0.3, -0.25) is 4.90 Å². The van der Waals surface area contributed by atoms with Gasteiger partial charge in [-0.2, -0.15) is 0 Å². The zero-order valence-corrected chi connectivity index (χ0v) is 12.9. The van der Waals surface area contributed by atoms with Crippen molar-refractivity contribution in [1.82, 2.24) is 9.80 Å². The largest absolute Gasteiger partial charge is 0.391 e. The summed E-state index contributed by atoms with van der Waals surface area (Å²) in [5.74, 6) is 1.29. The van der Waals surface area contributed by atoms with Gasteiger partial charge in [-0.05, 0) is 64.8 Å². The molecular formula is C15H32N2O. The molecule has 1 aliphatic carbocycles. The van der Waals surface area contributed by atoms with Crippen molar-refractivity contribution in [1.29, 1.82) is 0 Å². The predicted octanol–water partition coefficient (Wildman–Crippen LogP) is 2.06. The topological polar surface area (TPSA) is 26.7 Å². The summed E-state index contributed by atoms with van der Waals surface area (Å²) in [7, 11) is 4.24. The molecule has 1 aliphatic rings. The van der Waals surface area contributed by atoms with Gasteiger partial charge in [0.15, 0.2) is 0 Å². The summed E-state index contributed by atoms with van der Waals surface area (Å²) in [6.07, 6.45) is 3.28. The van der Waals surface area contributed by atoms with E-state index in [2.05, 4.69) is 44.7 Å². The van der Waals surface area contributed by atoms with Crippen LogP contribution in [0.5, 0.6) is 0 Å². The smallest absolute Gasteiger partial charge is 0.0700 e. The predicted molar refractivity (Wildman–Crippen MR) is 77.8 cm³/mol. The van der Waals surface area contributed by atoms with Gasteiger partial charge in [0.1, 0.15) is 0 Å². The number of nitrogens with zero attached hydrogens (tertiary/aromatic N) is 2. The number of aliphatic hydroxyl groups is 1. The third-order valence-corrected chi connectivity index (χ3v) is 4.27. The van der Waals surface area contributed by atoms with E-state index < -0.39 is 0 Å². The standard InChI is InChI=1S/C15H32N2O/c1-6-17(9-7-8-16(4)5)15-13(3)10-12(2)11-14(15)18/h12-15,18H,6-11H2,1-5H3. The molecule has 0 saturated heterocycles. The lowest BCUT2D eigenvalue weighted by atomic mass is 9.77. The van der Waals surface area contributed by atoms with E-state index in [1.165, 1.54) is 12.8 Å². The molecule has 0 radical (unpaired) electrons. The van der Waals surface area contributed by atoms with Crippen LogP contribution in [0.15, 0.2) is 0 Å². The molecule has 0 heterocycles. The van der Waals surface area contributed by atoms with Crippen molar-refractivity contribution >= 4 is 0 Å². The Bertz CT molecular complexity index is 221. The number of aliphatic hydroxyl groups excluding tert-OH is 1. The van der Waals surface area contributed by atoms with Crippen molar-refractivity contribution in [2.45, 2.75) is 52.2 Å². The SMILES string of the molecule is CCN(CCCN(C)C)C1C(C)CC(C)CC1O. The lowest BCUT2D eigenvalue weighted by Crippen LogP contribution is -2.51. The highest BCUT2D eigenvalue weighted by Crippen LogP contribution is 2.32. The number of likely N-dealkylation sites (N-methyl/N-ethyl adjacent to an activating group) is 1. The minimum absolute atomic E-state index is 0.136. The van der Waals surface area contributed by atoms with Crippen molar-refractivity contribution in [2.24, 2.45) is 11.8 Å². The Morgan fingerprint density at radius 3 is 2.28 bits per heavy atom. The molecule has 1 rings (SSSR count). The van der Waals surface area contributed by atoms with Crippen LogP contribution in [-0.4, -0.2) is 60.8 Å². The van der Waals surface area contributed by atoms with Crippen LogP contribution in [0.3, 0.4) is 0 Å². The summed E-state index contributed by atoms with van der Waals surface area (Å²) in [6, 6.07) is 0.369. The highest BCUT2D eigenvalue weighted by Gasteiger charge is 2.35. The first-order valence-corrected chi connectivity index (χ1v) is 7.52. The first kappa shape index (κ1) is 15.9. The van der Waals surface area contributed by atoms with E-state index in [9.17, 15) is 5.11 Å². The Kier molecular flexibility index (Phi) is 6.61. The molecule has 0 bridgehead atoms. The van der Waals surface area contributed by atoms with Gasteiger partial charge < -0.3 is 10.0 Å². The van der Waals surface area contributed by atoms with Crippen LogP contribution in [0.25, 0.3) is 0 Å². The number of hydrogen-bond acceptors (Lipinski definition) is 3. The van der Waals surface area contributed by atoms with E-state index in [1.807, 2.05) is 0 Å². The van der Waals surface area contributed by atoms with Gasteiger partial charge >= 0.3 is 0 Å². The fraction of sp³-hybridized carbons (Fsp3) is 1.00. The molecule has 0 amide bonds. The van der Waals surface area contributed by atoms with E-state index in [0.29, 0.717) is 17.9 Å². The Labute approximate surface area is 113 Å². The van der Waals surface area contributed by atoms with Gasteiger partial charge in [-0.1, -0.05) is 20.8 Å². The van der Waals surface area contributed by atoms with Crippen LogP contribution < -0.4 is 0 Å². The van der Waals surface area contributed by atoms with E-state index in [0.717, 1.165) is 26.1 Å². The van der Waals surface area contributed by atoms with Crippen LogP contribution in [-0.2, 0) is 0 Å². The second-order valence-electron chi connectivity index (χ2n) is 6.40. The molecule has 3 nitrogen and oxygen atoms in total. The molecule has 0 aromatic carbocycles. The normalized spacial score (nSPS) is 33.3. The van der Waals surface area contributed by atoms with Gasteiger partial charge in [-0.25, -0.2) is 0 Å². The number of hydrogen-bond donors (Lipinski definition) is 1. The molecule has 0 spiro atoms. The van der Waals surface area contributed by atoms with Crippen molar-refractivity contribution in [2.75, 3.05) is 33.7 Å². The molecule has 1 saturated carbocycles. The van der Waals surface area contributed by atoms with Crippen LogP contribution in [0.4, 0.5) is 0 Å². The molecule has 0 aromatic rings. The summed E-state index contributed by atoms with van der Waals surface area (Å²) in [5, 5.41) is 10.4. The Balaban J connectivity index is 2.51. The fourth-order valence-corrected chi connectivity index (χ4v) is 3.51. The minimum Gasteiger partial charge on any atom is -0.391 e. The minimum atomic E-state index is -0.136. The summed E-state index contributed by atoms with van der Waals surface area (Å²) in [4.78, 5) is 4.72. The lowest BCUT2D eigenvalue weighted by Gasteiger charge is -2.43. The van der Waals surface area contributed by atoms with Gasteiger partial charge in [0.05, 0.1) is 6.10 Å². The Hall–Kier alpha value is -0.120. The third kappa shape index (κ3) is 4.52. The van der Waals surface area contributed by atoms with Gasteiger partial charge in [0, 0.05) is 6.04 Å². The lowest BCUT2D eigenvalue weighted by molar-refractivity contribution is -0.0233. The maximum absolute atomic E-state index is 10.4. The van der Waals surface area contributed by atoms with E-state index in [1.54, 1.807) is 0 Å². The van der Waals surface area contributed by atoms with E-state index >= 15 is 0 Å². The van der Waals surface area contributed by atoms with Crippen molar-refractivity contribution < 1.29 is 5.11 Å². The van der Waals surface area contributed by atoms with Crippen LogP contribution >= 0.6 is 0 Å². The van der Waals surface area contributed by atoms with Gasteiger partial charge in [-0.15, -0.1) is 0 Å². The molecule has 18 heavy (non-hydrogen) atoms. The monoisotopic (exact) mass is 256 g/mol. The van der Waals surface area contributed by atoms with Crippen LogP contribution in [0.1, 0.15) is 40.0 Å². The molecule has 108 valence electrons. The second kappa shape index (κ2) is 7.46. The molecule has 3 heteroatoms. The Morgan fingerprint density at radius 1 is 1.11 bits per heavy atom. The van der Waals surface area contributed by atoms with E-state index in [4.69, 9.17) is 0 Å². The Morgan fingerprint density at radius 2 is 1.78 bits per heavy atom. The molecule has 1 N–H and O–H groups in total. The quantitative estimate of drug-likeness (QED) is 0.788.